The molecule has 3 aromatic rings. The molecule has 13 nitrogen and oxygen atoms in total. The predicted molar refractivity (Wildman–Crippen MR) is 197 cm³/mol. The Morgan fingerprint density at radius 1 is 1.08 bits per heavy atom. The molecular weight excluding hydrogens is 705 g/mol. The number of nitrogens with one attached hydrogen (secondary N) is 2. The quantitative estimate of drug-likeness (QED) is 0.125. The van der Waals surface area contributed by atoms with E-state index in [9.17, 15) is 23.7 Å². The van der Waals surface area contributed by atoms with Gasteiger partial charge in [0.15, 0.2) is 0 Å². The molecule has 0 spiro atoms. The normalized spacial score (nSPS) is 22.3. The molecule has 0 aliphatic carbocycles. The number of esters is 1. The lowest BCUT2D eigenvalue weighted by Gasteiger charge is -2.42. The van der Waals surface area contributed by atoms with Crippen molar-refractivity contribution in [3.63, 3.8) is 0 Å². The van der Waals surface area contributed by atoms with Gasteiger partial charge in [-0.05, 0) is 86.2 Å². The molecule has 5 atom stereocenters. The van der Waals surface area contributed by atoms with E-state index >= 15 is 0 Å². The monoisotopic (exact) mass is 753 g/mol. The summed E-state index contributed by atoms with van der Waals surface area (Å²) < 4.78 is 30.8. The van der Waals surface area contributed by atoms with E-state index < -0.39 is 31.6 Å². The minimum Gasteiger partial charge on any atom is -0.465 e. The second kappa shape index (κ2) is 17.0. The number of thiophene rings is 1. The fourth-order valence-corrected chi connectivity index (χ4v) is 10.2. The third kappa shape index (κ3) is 8.74. The van der Waals surface area contributed by atoms with Gasteiger partial charge in [-0.25, -0.2) is 5.09 Å². The molecule has 3 fully saturated rings. The Hall–Kier alpha value is -3.68. The maximum absolute atomic E-state index is 14.0. The third-order valence-electron chi connectivity index (χ3n) is 10.00. The van der Waals surface area contributed by atoms with Crippen molar-refractivity contribution < 1.29 is 37.7 Å². The van der Waals surface area contributed by atoms with E-state index in [1.165, 1.54) is 18.4 Å². The van der Waals surface area contributed by atoms with Gasteiger partial charge >= 0.3 is 5.97 Å². The van der Waals surface area contributed by atoms with E-state index in [0.29, 0.717) is 42.8 Å². The van der Waals surface area contributed by atoms with Gasteiger partial charge in [-0.2, -0.15) is 0 Å². The lowest BCUT2D eigenvalue weighted by molar-refractivity contribution is -0.148. The van der Waals surface area contributed by atoms with Crippen LogP contribution in [0.2, 0.25) is 0 Å². The highest BCUT2D eigenvalue weighted by molar-refractivity contribution is 7.56. The van der Waals surface area contributed by atoms with Gasteiger partial charge < -0.3 is 29.1 Å². The zero-order chi connectivity index (χ0) is 36.8. The number of likely N-dealkylation sites (tertiary alicyclic amines) is 1. The zero-order valence-electron chi connectivity index (χ0n) is 30.0. The number of carbonyl (C=O) groups is 4. The Morgan fingerprint density at radius 2 is 1.90 bits per heavy atom. The van der Waals surface area contributed by atoms with E-state index in [-0.39, 0.29) is 55.7 Å². The number of ether oxygens (including phenoxy) is 2. The molecule has 3 aliphatic heterocycles. The van der Waals surface area contributed by atoms with E-state index in [4.69, 9.17) is 14.0 Å². The van der Waals surface area contributed by atoms with Crippen molar-refractivity contribution in [2.75, 3.05) is 40.0 Å². The maximum atomic E-state index is 14.0. The van der Waals surface area contributed by atoms with Gasteiger partial charge in [0, 0.05) is 49.3 Å². The first kappa shape index (κ1) is 38.1. The van der Waals surface area contributed by atoms with Crippen molar-refractivity contribution >= 4 is 52.6 Å². The molecule has 3 saturated heterocycles. The molecule has 15 heteroatoms. The predicted octanol–water partition coefficient (Wildman–Crippen LogP) is 4.85. The zero-order valence-corrected chi connectivity index (χ0v) is 31.7. The van der Waals surface area contributed by atoms with Gasteiger partial charge in [0.1, 0.15) is 18.1 Å². The standard InChI is InChI=1S/C37H48N5O8PS/c1-4-15-49-37(46)24(2)40-51(47,50-17-16-48-3)23-25-10-13-32-27(18-25)19-33(52-32)34(43)39-30-9-5-8-29-11-12-31(42(29)35(30)44)36(45)41-21-28(22-41)26-7-6-14-38-20-26/h6-7,10,13-14,18-20,24,28-31H,4-5,8-9,11-12,15-17,21-23H2,1-3H3,(H,39,43)(H,40,47)/t24-,29-,30-,31-,51?/m0/s1. The molecule has 1 unspecified atom stereocenters. The fourth-order valence-electron chi connectivity index (χ4n) is 7.28. The number of benzene rings is 1. The van der Waals surface area contributed by atoms with Crippen molar-refractivity contribution in [2.45, 2.75) is 88.6 Å². The lowest BCUT2D eigenvalue weighted by atomic mass is 9.92. The largest absolute Gasteiger partial charge is 0.465 e. The number of aromatic nitrogens is 1. The van der Waals surface area contributed by atoms with Crippen LogP contribution < -0.4 is 10.4 Å². The molecule has 3 aliphatic rings. The molecule has 52 heavy (non-hydrogen) atoms. The molecule has 3 amide bonds. The smallest absolute Gasteiger partial charge is 0.323 e. The van der Waals surface area contributed by atoms with Crippen molar-refractivity contribution in [3.05, 3.63) is 64.8 Å². The van der Waals surface area contributed by atoms with Crippen LogP contribution >= 0.6 is 18.9 Å². The number of rotatable bonds is 15. The summed E-state index contributed by atoms with van der Waals surface area (Å²) in [5, 5.41) is 6.63. The second-order valence-corrected chi connectivity index (χ2v) is 17.1. The summed E-state index contributed by atoms with van der Waals surface area (Å²) >= 11 is 1.31. The Kier molecular flexibility index (Phi) is 12.4. The van der Waals surface area contributed by atoms with Gasteiger partial charge in [0.25, 0.3) is 13.4 Å². The van der Waals surface area contributed by atoms with Gasteiger partial charge in [0.2, 0.25) is 11.8 Å². The minimum atomic E-state index is -3.56. The van der Waals surface area contributed by atoms with Crippen molar-refractivity contribution in [1.29, 1.82) is 0 Å². The summed E-state index contributed by atoms with van der Waals surface area (Å²) in [5.41, 5.74) is 1.81. The highest BCUT2D eigenvalue weighted by atomic mass is 32.1. The number of carbonyl (C=O) groups excluding carboxylic acids is 4. The van der Waals surface area contributed by atoms with E-state index in [0.717, 1.165) is 34.9 Å². The van der Waals surface area contributed by atoms with Gasteiger partial charge in [-0.15, -0.1) is 11.3 Å². The summed E-state index contributed by atoms with van der Waals surface area (Å²) in [6.45, 7) is 5.28. The number of hydrogen-bond acceptors (Lipinski definition) is 10. The molecule has 5 heterocycles. The van der Waals surface area contributed by atoms with E-state index in [2.05, 4.69) is 15.4 Å². The van der Waals surface area contributed by atoms with Crippen molar-refractivity contribution in [1.82, 2.24) is 25.2 Å². The number of fused-ring (bicyclic) bond motifs is 2. The first-order valence-electron chi connectivity index (χ1n) is 18.1. The molecule has 2 aromatic heterocycles. The van der Waals surface area contributed by atoms with Crippen LogP contribution in [0.3, 0.4) is 0 Å². The molecule has 2 N–H and O–H groups in total. The van der Waals surface area contributed by atoms with Crippen LogP contribution in [0.25, 0.3) is 10.1 Å². The highest BCUT2D eigenvalue weighted by Crippen LogP contribution is 2.47. The van der Waals surface area contributed by atoms with Gasteiger partial charge in [-0.3, -0.25) is 28.7 Å². The third-order valence-corrected chi connectivity index (χ3v) is 13.3. The first-order chi connectivity index (χ1) is 25.1. The summed E-state index contributed by atoms with van der Waals surface area (Å²) in [7, 11) is -2.04. The van der Waals surface area contributed by atoms with Crippen molar-refractivity contribution in [3.8, 4) is 0 Å². The molecule has 280 valence electrons. The highest BCUT2D eigenvalue weighted by Gasteiger charge is 2.47. The van der Waals surface area contributed by atoms with E-state index in [1.807, 2.05) is 48.4 Å². The minimum absolute atomic E-state index is 0.00425. The molecule has 0 bridgehead atoms. The summed E-state index contributed by atoms with van der Waals surface area (Å²) in [5.74, 6) is -0.818. The summed E-state index contributed by atoms with van der Waals surface area (Å²) in [6, 6.07) is 9.15. The van der Waals surface area contributed by atoms with Crippen LogP contribution in [0.15, 0.2) is 48.8 Å². The summed E-state index contributed by atoms with van der Waals surface area (Å²) in [6.07, 6.45) is 7.75. The van der Waals surface area contributed by atoms with Crippen LogP contribution in [-0.2, 0) is 39.1 Å². The number of methoxy groups -OCH3 is 1. The number of pyridine rings is 1. The SMILES string of the molecule is CCCOC(=O)[C@H](C)NP(=O)(Cc1ccc2sc(C(=O)N[C@H]3CCC[C@H]4CC[C@@H](C(=O)N5CC(c6cccnc6)C5)N4C3=O)cc2c1)OCCOC. The summed E-state index contributed by atoms with van der Waals surface area (Å²) in [4.78, 5) is 61.9. The van der Waals surface area contributed by atoms with Crippen LogP contribution in [0.5, 0.6) is 0 Å². The molecule has 6 rings (SSSR count). The Labute approximate surface area is 308 Å². The molecule has 0 radical (unpaired) electrons. The van der Waals surface area contributed by atoms with Gasteiger partial charge in [0.05, 0.1) is 30.9 Å². The second-order valence-electron chi connectivity index (χ2n) is 13.8. The average molecular weight is 754 g/mol. The van der Waals surface area contributed by atoms with E-state index in [1.54, 1.807) is 24.1 Å². The maximum Gasteiger partial charge on any atom is 0.323 e. The Balaban J connectivity index is 1.10. The molecular formula is C37H48N5O8PS. The van der Waals surface area contributed by atoms with Gasteiger partial charge in [-0.1, -0.05) is 19.1 Å². The lowest BCUT2D eigenvalue weighted by Crippen LogP contribution is -2.58. The Bertz CT molecular complexity index is 1800. The number of hydrogen-bond donors (Lipinski definition) is 2. The van der Waals surface area contributed by atoms with Crippen LogP contribution in [0.1, 0.15) is 79.1 Å². The molecule has 0 saturated carbocycles. The fraction of sp³-hybridized carbons (Fsp3) is 0.541. The topological polar surface area (TPSA) is 156 Å². The molecule has 1 aromatic carbocycles. The van der Waals surface area contributed by atoms with Crippen LogP contribution in [0, 0.1) is 0 Å². The number of amides is 3. The van der Waals surface area contributed by atoms with Crippen molar-refractivity contribution in [2.24, 2.45) is 0 Å². The average Bonchev–Trinajstić information content (AvgIpc) is 3.70. The van der Waals surface area contributed by atoms with Crippen LogP contribution in [-0.4, -0.2) is 103 Å². The Morgan fingerprint density at radius 3 is 2.65 bits per heavy atom. The van der Waals surface area contributed by atoms with Crippen LogP contribution in [0.4, 0.5) is 0 Å². The number of nitrogens with zero attached hydrogens (tertiary/aromatic N) is 3. The first-order valence-corrected chi connectivity index (χ1v) is 20.7.